The molecule has 1 fully saturated rings. The lowest BCUT2D eigenvalue weighted by Crippen LogP contribution is -2.16. The van der Waals surface area contributed by atoms with Crippen LogP contribution in [-0.2, 0) is 15.5 Å². The lowest BCUT2D eigenvalue weighted by molar-refractivity contribution is 0.0691. The highest BCUT2D eigenvalue weighted by atomic mass is 32.2. The van der Waals surface area contributed by atoms with Gasteiger partial charge in [0.1, 0.15) is 5.82 Å². The number of ether oxygens (including phenoxy) is 1. The van der Waals surface area contributed by atoms with Gasteiger partial charge in [-0.15, -0.1) is 0 Å². The highest BCUT2D eigenvalue weighted by Gasteiger charge is 2.20. The van der Waals surface area contributed by atoms with Crippen LogP contribution in [0.25, 0.3) is 0 Å². The minimum atomic E-state index is -1.36. The van der Waals surface area contributed by atoms with Crippen molar-refractivity contribution in [2.24, 2.45) is 0 Å². The van der Waals surface area contributed by atoms with Crippen molar-refractivity contribution in [1.82, 2.24) is 0 Å². The molecule has 2 atom stereocenters. The average Bonchev–Trinajstić information content (AvgIpc) is 2.81. The first-order valence-electron chi connectivity index (χ1n) is 5.61. The van der Waals surface area contributed by atoms with E-state index in [2.05, 4.69) is 0 Å². The third-order valence-electron chi connectivity index (χ3n) is 2.79. The van der Waals surface area contributed by atoms with Crippen molar-refractivity contribution in [1.29, 1.82) is 0 Å². The maximum Gasteiger partial charge on any atom is 0.338 e. The summed E-state index contributed by atoms with van der Waals surface area (Å²) in [5, 5.41) is 8.79. The van der Waals surface area contributed by atoms with Gasteiger partial charge in [0.05, 0.1) is 28.2 Å². The second kappa shape index (κ2) is 5.58. The van der Waals surface area contributed by atoms with E-state index in [0.29, 0.717) is 17.3 Å². The van der Waals surface area contributed by atoms with E-state index in [1.165, 1.54) is 6.07 Å². The van der Waals surface area contributed by atoms with Gasteiger partial charge < -0.3 is 9.84 Å². The number of carbonyl (C=O) groups is 1. The molecule has 4 nitrogen and oxygen atoms in total. The molecule has 0 aromatic heterocycles. The van der Waals surface area contributed by atoms with Gasteiger partial charge in [0.25, 0.3) is 0 Å². The Kier molecular flexibility index (Phi) is 4.08. The van der Waals surface area contributed by atoms with E-state index in [-0.39, 0.29) is 6.10 Å². The number of hydrogen-bond acceptors (Lipinski definition) is 3. The predicted octanol–water partition coefficient (Wildman–Crippen LogP) is 1.81. The number of hydrogen-bond donors (Lipinski definition) is 1. The van der Waals surface area contributed by atoms with E-state index in [4.69, 9.17) is 9.84 Å². The van der Waals surface area contributed by atoms with Crippen molar-refractivity contribution in [3.63, 3.8) is 0 Å². The van der Waals surface area contributed by atoms with E-state index < -0.39 is 28.1 Å². The van der Waals surface area contributed by atoms with Gasteiger partial charge in [-0.2, -0.15) is 0 Å². The van der Waals surface area contributed by atoms with Crippen molar-refractivity contribution in [2.45, 2.75) is 23.8 Å². The molecule has 18 heavy (non-hydrogen) atoms. The van der Waals surface area contributed by atoms with Gasteiger partial charge in [-0.25, -0.2) is 9.18 Å². The highest BCUT2D eigenvalue weighted by molar-refractivity contribution is 7.85. The number of carboxylic acids is 1. The molecule has 0 saturated carbocycles. The zero-order valence-corrected chi connectivity index (χ0v) is 10.4. The fraction of sp³-hybridized carbons (Fsp3) is 0.417. The number of rotatable bonds is 4. The number of carboxylic acid groups (broad SMARTS) is 1. The van der Waals surface area contributed by atoms with Crippen LogP contribution in [0.15, 0.2) is 23.1 Å². The maximum absolute atomic E-state index is 13.2. The molecular formula is C12H13FO4S. The van der Waals surface area contributed by atoms with Gasteiger partial charge >= 0.3 is 5.97 Å². The Morgan fingerprint density at radius 3 is 2.94 bits per heavy atom. The Labute approximate surface area is 106 Å². The van der Waals surface area contributed by atoms with Gasteiger partial charge in [-0.05, 0) is 31.0 Å². The van der Waals surface area contributed by atoms with Gasteiger partial charge in [-0.1, -0.05) is 0 Å². The molecule has 2 rings (SSSR count). The fourth-order valence-electron chi connectivity index (χ4n) is 1.85. The number of aromatic carboxylic acids is 1. The first-order valence-corrected chi connectivity index (χ1v) is 6.92. The standard InChI is InChI=1S/C12H13FO4S/c13-11-4-3-9(6-10(11)12(14)15)18(16)7-8-2-1-5-17-8/h3-4,6,8H,1-2,5,7H2,(H,14,15). The summed E-state index contributed by atoms with van der Waals surface area (Å²) in [6.07, 6.45) is 1.76. The summed E-state index contributed by atoms with van der Waals surface area (Å²) >= 11 is 0. The molecule has 1 heterocycles. The maximum atomic E-state index is 13.2. The highest BCUT2D eigenvalue weighted by Crippen LogP contribution is 2.18. The third-order valence-corrected chi connectivity index (χ3v) is 4.25. The van der Waals surface area contributed by atoms with Crippen LogP contribution in [0.3, 0.4) is 0 Å². The van der Waals surface area contributed by atoms with Crippen LogP contribution in [0.1, 0.15) is 23.2 Å². The topological polar surface area (TPSA) is 63.6 Å². The number of benzene rings is 1. The van der Waals surface area contributed by atoms with Crippen molar-refractivity contribution in [2.75, 3.05) is 12.4 Å². The second-order valence-electron chi connectivity index (χ2n) is 4.09. The molecule has 1 N–H and O–H groups in total. The fourth-order valence-corrected chi connectivity index (χ4v) is 3.11. The molecule has 2 unspecified atom stereocenters. The lowest BCUT2D eigenvalue weighted by atomic mass is 10.2. The Bertz CT molecular complexity index is 483. The molecule has 0 bridgehead atoms. The Morgan fingerprint density at radius 1 is 1.56 bits per heavy atom. The molecule has 1 saturated heterocycles. The summed E-state index contributed by atoms with van der Waals surface area (Å²) in [7, 11) is -1.36. The minimum Gasteiger partial charge on any atom is -0.478 e. The summed E-state index contributed by atoms with van der Waals surface area (Å²) in [6, 6.07) is 3.52. The minimum absolute atomic E-state index is 0.0517. The van der Waals surface area contributed by atoms with E-state index in [1.807, 2.05) is 0 Å². The summed E-state index contributed by atoms with van der Waals surface area (Å²) in [4.78, 5) is 11.1. The molecule has 0 amide bonds. The van der Waals surface area contributed by atoms with Crippen LogP contribution in [0, 0.1) is 5.82 Å². The lowest BCUT2D eigenvalue weighted by Gasteiger charge is -2.09. The summed E-state index contributed by atoms with van der Waals surface area (Å²) < 4.78 is 30.5. The van der Waals surface area contributed by atoms with Crippen molar-refractivity contribution < 1.29 is 23.2 Å². The van der Waals surface area contributed by atoms with Crippen LogP contribution in [0.4, 0.5) is 4.39 Å². The SMILES string of the molecule is O=C(O)c1cc(S(=O)CC2CCCO2)ccc1F. The molecule has 98 valence electrons. The number of halogens is 1. The molecule has 6 heteroatoms. The second-order valence-corrected chi connectivity index (χ2v) is 5.59. The van der Waals surface area contributed by atoms with Crippen LogP contribution in [0.5, 0.6) is 0 Å². The summed E-state index contributed by atoms with van der Waals surface area (Å²) in [6.45, 7) is 0.672. The van der Waals surface area contributed by atoms with Crippen molar-refractivity contribution >= 4 is 16.8 Å². The first-order chi connectivity index (χ1) is 8.58. The molecular weight excluding hydrogens is 259 g/mol. The molecule has 0 radical (unpaired) electrons. The van der Waals surface area contributed by atoms with Crippen LogP contribution in [-0.4, -0.2) is 33.7 Å². The van der Waals surface area contributed by atoms with Crippen LogP contribution >= 0.6 is 0 Å². The summed E-state index contributed by atoms with van der Waals surface area (Å²) in [5.74, 6) is -1.85. The Morgan fingerprint density at radius 2 is 2.33 bits per heavy atom. The van der Waals surface area contributed by atoms with Gasteiger partial charge in [0.15, 0.2) is 0 Å². The molecule has 0 spiro atoms. The van der Waals surface area contributed by atoms with E-state index >= 15 is 0 Å². The molecule has 1 aromatic rings. The van der Waals surface area contributed by atoms with Gasteiger partial charge in [-0.3, -0.25) is 4.21 Å². The van der Waals surface area contributed by atoms with E-state index in [9.17, 15) is 13.4 Å². The van der Waals surface area contributed by atoms with Crippen molar-refractivity contribution in [3.05, 3.63) is 29.6 Å². The van der Waals surface area contributed by atoms with Gasteiger partial charge in [0, 0.05) is 11.5 Å². The normalized spacial score (nSPS) is 20.8. The van der Waals surface area contributed by atoms with Crippen molar-refractivity contribution in [3.8, 4) is 0 Å². The van der Waals surface area contributed by atoms with E-state index in [0.717, 1.165) is 25.0 Å². The monoisotopic (exact) mass is 272 g/mol. The molecule has 0 aliphatic carbocycles. The molecule has 1 aromatic carbocycles. The largest absolute Gasteiger partial charge is 0.478 e. The Balaban J connectivity index is 2.14. The van der Waals surface area contributed by atoms with Gasteiger partial charge in [0.2, 0.25) is 0 Å². The zero-order valence-electron chi connectivity index (χ0n) is 9.60. The van der Waals surface area contributed by atoms with Crippen LogP contribution in [0.2, 0.25) is 0 Å². The third kappa shape index (κ3) is 2.94. The summed E-state index contributed by atoms with van der Waals surface area (Å²) in [5.41, 5.74) is -0.451. The Hall–Kier alpha value is -1.27. The quantitative estimate of drug-likeness (QED) is 0.908. The first kappa shape index (κ1) is 13.2. The average molecular weight is 272 g/mol. The smallest absolute Gasteiger partial charge is 0.338 e. The molecule has 1 aliphatic rings. The van der Waals surface area contributed by atoms with Crippen LogP contribution < -0.4 is 0 Å². The zero-order chi connectivity index (χ0) is 13.1. The molecule has 1 aliphatic heterocycles. The predicted molar refractivity (Wildman–Crippen MR) is 63.6 cm³/mol. The van der Waals surface area contributed by atoms with E-state index in [1.54, 1.807) is 0 Å².